The molecule has 0 aliphatic carbocycles. The van der Waals surface area contributed by atoms with Crippen molar-refractivity contribution in [2.45, 2.75) is 39.3 Å². The molecule has 3 heterocycles. The van der Waals surface area contributed by atoms with Crippen molar-refractivity contribution in [2.75, 3.05) is 6.54 Å². The van der Waals surface area contributed by atoms with Gasteiger partial charge in [0.15, 0.2) is 0 Å². The number of aryl methyl sites for hydroxylation is 2. The van der Waals surface area contributed by atoms with Crippen LogP contribution < -0.4 is 0 Å². The number of benzene rings is 1. The van der Waals surface area contributed by atoms with Crippen molar-refractivity contribution in [1.29, 1.82) is 0 Å². The first-order chi connectivity index (χ1) is 11.7. The van der Waals surface area contributed by atoms with Crippen LogP contribution in [0.3, 0.4) is 0 Å². The number of aromatic nitrogens is 4. The summed E-state index contributed by atoms with van der Waals surface area (Å²) >= 11 is 0. The van der Waals surface area contributed by atoms with Gasteiger partial charge in [0.2, 0.25) is 0 Å². The molecule has 1 aliphatic heterocycles. The Labute approximate surface area is 141 Å². The van der Waals surface area contributed by atoms with E-state index in [9.17, 15) is 0 Å². The van der Waals surface area contributed by atoms with Crippen LogP contribution in [0.15, 0.2) is 41.4 Å². The van der Waals surface area contributed by atoms with E-state index >= 15 is 0 Å². The van der Waals surface area contributed by atoms with E-state index in [-0.39, 0.29) is 0 Å². The van der Waals surface area contributed by atoms with E-state index in [1.807, 2.05) is 13.8 Å². The molecule has 0 unspecified atom stereocenters. The van der Waals surface area contributed by atoms with E-state index in [2.05, 4.69) is 44.4 Å². The standard InChI is InChI=1S/C18H21N5O/c1-13-18(14(2)24-21-13)17-4-3-9-22(17)10-15-5-7-16(8-6-15)23-12-19-11-20-23/h5-8,11-12,17H,3-4,9-10H2,1-2H3/t17-/m1/s1. The molecular formula is C18H21N5O. The molecule has 6 heteroatoms. The van der Waals surface area contributed by atoms with Crippen LogP contribution in [0.25, 0.3) is 5.69 Å². The van der Waals surface area contributed by atoms with Gasteiger partial charge in [-0.25, -0.2) is 9.67 Å². The fourth-order valence-electron chi connectivity index (χ4n) is 3.64. The number of nitrogens with zero attached hydrogens (tertiary/aromatic N) is 5. The van der Waals surface area contributed by atoms with Gasteiger partial charge in [0.1, 0.15) is 18.4 Å². The molecule has 3 aromatic rings. The summed E-state index contributed by atoms with van der Waals surface area (Å²) in [7, 11) is 0. The minimum absolute atomic E-state index is 0.409. The average molecular weight is 323 g/mol. The van der Waals surface area contributed by atoms with Crippen molar-refractivity contribution in [3.8, 4) is 5.69 Å². The van der Waals surface area contributed by atoms with Gasteiger partial charge in [-0.05, 0) is 50.9 Å². The van der Waals surface area contributed by atoms with Crippen LogP contribution in [0, 0.1) is 13.8 Å². The van der Waals surface area contributed by atoms with Gasteiger partial charge in [0.25, 0.3) is 0 Å². The predicted molar refractivity (Wildman–Crippen MR) is 89.7 cm³/mol. The van der Waals surface area contributed by atoms with Gasteiger partial charge in [-0.3, -0.25) is 4.90 Å². The Bertz CT molecular complexity index is 787. The maximum Gasteiger partial charge on any atom is 0.138 e. The fraction of sp³-hybridized carbons (Fsp3) is 0.389. The second-order valence-corrected chi connectivity index (χ2v) is 6.37. The number of hydrogen-bond acceptors (Lipinski definition) is 5. The average Bonchev–Trinajstić information content (AvgIpc) is 3.31. The van der Waals surface area contributed by atoms with Crippen LogP contribution in [0.1, 0.15) is 41.5 Å². The molecule has 0 radical (unpaired) electrons. The summed E-state index contributed by atoms with van der Waals surface area (Å²) in [6.07, 6.45) is 5.64. The molecular weight excluding hydrogens is 302 g/mol. The molecule has 24 heavy (non-hydrogen) atoms. The van der Waals surface area contributed by atoms with Crippen molar-refractivity contribution < 1.29 is 4.52 Å². The van der Waals surface area contributed by atoms with Crippen LogP contribution in [0.2, 0.25) is 0 Å². The van der Waals surface area contributed by atoms with Crippen LogP contribution in [0.4, 0.5) is 0 Å². The zero-order valence-electron chi connectivity index (χ0n) is 14.0. The Morgan fingerprint density at radius 1 is 1.21 bits per heavy atom. The molecule has 0 saturated carbocycles. The highest BCUT2D eigenvalue weighted by atomic mass is 16.5. The van der Waals surface area contributed by atoms with E-state index in [1.54, 1.807) is 17.3 Å². The second-order valence-electron chi connectivity index (χ2n) is 6.37. The third kappa shape index (κ3) is 2.73. The monoisotopic (exact) mass is 323 g/mol. The molecule has 1 aromatic carbocycles. The van der Waals surface area contributed by atoms with Gasteiger partial charge in [-0.2, -0.15) is 5.10 Å². The molecule has 6 nitrogen and oxygen atoms in total. The lowest BCUT2D eigenvalue weighted by atomic mass is 10.0. The second kappa shape index (κ2) is 6.20. The third-order valence-electron chi connectivity index (χ3n) is 4.79. The minimum Gasteiger partial charge on any atom is -0.361 e. The normalized spacial score (nSPS) is 18.3. The molecule has 2 aromatic heterocycles. The Morgan fingerprint density at radius 2 is 2.04 bits per heavy atom. The van der Waals surface area contributed by atoms with E-state index in [1.165, 1.54) is 24.0 Å². The Hall–Kier alpha value is -2.47. The minimum atomic E-state index is 0.409. The Kier molecular flexibility index (Phi) is 3.90. The molecule has 0 spiro atoms. The molecule has 1 saturated heterocycles. The van der Waals surface area contributed by atoms with Gasteiger partial charge in [0.05, 0.1) is 11.4 Å². The van der Waals surface area contributed by atoms with Crippen LogP contribution in [0.5, 0.6) is 0 Å². The summed E-state index contributed by atoms with van der Waals surface area (Å²) in [6, 6.07) is 8.92. The summed E-state index contributed by atoms with van der Waals surface area (Å²) in [5.74, 6) is 0.950. The smallest absolute Gasteiger partial charge is 0.138 e. The van der Waals surface area contributed by atoms with Crippen molar-refractivity contribution in [2.24, 2.45) is 0 Å². The maximum atomic E-state index is 5.37. The summed E-state index contributed by atoms with van der Waals surface area (Å²) in [6.45, 7) is 6.10. The zero-order chi connectivity index (χ0) is 16.5. The fourth-order valence-corrected chi connectivity index (χ4v) is 3.64. The van der Waals surface area contributed by atoms with Crippen LogP contribution in [-0.2, 0) is 6.54 Å². The highest BCUT2D eigenvalue weighted by molar-refractivity contribution is 5.33. The quantitative estimate of drug-likeness (QED) is 0.738. The van der Waals surface area contributed by atoms with E-state index < -0.39 is 0 Å². The van der Waals surface area contributed by atoms with Gasteiger partial charge in [0, 0.05) is 18.2 Å². The first kappa shape index (κ1) is 15.1. The first-order valence-corrected chi connectivity index (χ1v) is 8.33. The number of likely N-dealkylation sites (tertiary alicyclic amines) is 1. The van der Waals surface area contributed by atoms with Crippen LogP contribution >= 0.6 is 0 Å². The predicted octanol–water partition coefficient (Wildman–Crippen LogP) is 3.21. The number of hydrogen-bond donors (Lipinski definition) is 0. The van der Waals surface area contributed by atoms with E-state index in [0.29, 0.717) is 6.04 Å². The van der Waals surface area contributed by atoms with Gasteiger partial charge < -0.3 is 4.52 Å². The van der Waals surface area contributed by atoms with Crippen molar-refractivity contribution in [3.05, 3.63) is 59.5 Å². The highest BCUT2D eigenvalue weighted by Gasteiger charge is 2.30. The molecule has 0 amide bonds. The highest BCUT2D eigenvalue weighted by Crippen LogP contribution is 2.36. The molecule has 0 bridgehead atoms. The lowest BCUT2D eigenvalue weighted by Gasteiger charge is -2.24. The summed E-state index contributed by atoms with van der Waals surface area (Å²) in [5, 5.41) is 8.29. The van der Waals surface area contributed by atoms with E-state index in [4.69, 9.17) is 4.52 Å². The van der Waals surface area contributed by atoms with Crippen molar-refractivity contribution in [1.82, 2.24) is 24.8 Å². The Balaban J connectivity index is 1.52. The van der Waals surface area contributed by atoms with Gasteiger partial charge in [-0.15, -0.1) is 0 Å². The molecule has 1 fully saturated rings. The summed E-state index contributed by atoms with van der Waals surface area (Å²) < 4.78 is 7.14. The molecule has 1 atom stereocenters. The molecule has 4 rings (SSSR count). The van der Waals surface area contributed by atoms with Gasteiger partial charge in [-0.1, -0.05) is 17.3 Å². The zero-order valence-corrected chi connectivity index (χ0v) is 14.0. The van der Waals surface area contributed by atoms with Gasteiger partial charge >= 0.3 is 0 Å². The maximum absolute atomic E-state index is 5.37. The van der Waals surface area contributed by atoms with Crippen LogP contribution in [-0.4, -0.2) is 31.4 Å². The third-order valence-corrected chi connectivity index (χ3v) is 4.79. The Morgan fingerprint density at radius 3 is 2.71 bits per heavy atom. The topological polar surface area (TPSA) is 60.0 Å². The summed E-state index contributed by atoms with van der Waals surface area (Å²) in [4.78, 5) is 6.51. The molecule has 0 N–H and O–H groups in total. The number of rotatable bonds is 4. The molecule has 124 valence electrons. The first-order valence-electron chi connectivity index (χ1n) is 8.33. The lowest BCUT2D eigenvalue weighted by Crippen LogP contribution is -2.23. The van der Waals surface area contributed by atoms with Crippen molar-refractivity contribution >= 4 is 0 Å². The van der Waals surface area contributed by atoms with Crippen molar-refractivity contribution in [3.63, 3.8) is 0 Å². The lowest BCUT2D eigenvalue weighted by molar-refractivity contribution is 0.245. The summed E-state index contributed by atoms with van der Waals surface area (Å²) in [5.41, 5.74) is 4.62. The molecule has 1 aliphatic rings. The SMILES string of the molecule is Cc1noc(C)c1[C@H]1CCCN1Cc1ccc(-n2cncn2)cc1. The largest absolute Gasteiger partial charge is 0.361 e. The van der Waals surface area contributed by atoms with E-state index in [0.717, 1.165) is 30.2 Å².